The van der Waals surface area contributed by atoms with Gasteiger partial charge in [0.05, 0.1) is 11.4 Å². The van der Waals surface area contributed by atoms with E-state index in [-0.39, 0.29) is 18.3 Å². The van der Waals surface area contributed by atoms with Crippen LogP contribution in [0.5, 0.6) is 0 Å². The molecule has 0 bridgehead atoms. The van der Waals surface area contributed by atoms with E-state index in [1.807, 2.05) is 65.6 Å². The summed E-state index contributed by atoms with van der Waals surface area (Å²) in [6.45, 7) is 1.86. The first kappa shape index (κ1) is 23.0. The van der Waals surface area contributed by atoms with E-state index >= 15 is 0 Å². The van der Waals surface area contributed by atoms with Crippen LogP contribution in [0.1, 0.15) is 17.7 Å². The lowest BCUT2D eigenvalue weighted by Crippen LogP contribution is -2.33. The molecule has 7 heteroatoms. The molecule has 1 aromatic heterocycles. The Morgan fingerprint density at radius 2 is 1.76 bits per heavy atom. The van der Waals surface area contributed by atoms with Gasteiger partial charge in [0.2, 0.25) is 11.8 Å². The van der Waals surface area contributed by atoms with Crippen LogP contribution in [0.2, 0.25) is 0 Å². The summed E-state index contributed by atoms with van der Waals surface area (Å²) >= 11 is 1.55. The maximum Gasteiger partial charge on any atom is 0.232 e. The Bertz CT molecular complexity index is 859. The second kappa shape index (κ2) is 12.3. The molecule has 0 spiro atoms. The number of aromatic nitrogens is 1. The molecule has 1 amide bonds. The van der Waals surface area contributed by atoms with E-state index in [9.17, 15) is 4.79 Å². The Morgan fingerprint density at radius 1 is 1.07 bits per heavy atom. The lowest BCUT2D eigenvalue weighted by atomic mass is 10.2. The van der Waals surface area contributed by atoms with Crippen molar-refractivity contribution in [1.82, 2.24) is 9.88 Å². The largest absolute Gasteiger partial charge is 0.444 e. The Kier molecular flexibility index (Phi) is 9.77. The normalized spacial score (nSPS) is 10.4. The molecule has 0 fully saturated rings. The molecule has 5 nitrogen and oxygen atoms in total. The van der Waals surface area contributed by atoms with Crippen molar-refractivity contribution in [3.63, 3.8) is 0 Å². The summed E-state index contributed by atoms with van der Waals surface area (Å²) in [4.78, 5) is 19.1. The van der Waals surface area contributed by atoms with E-state index in [2.05, 4.69) is 4.98 Å². The fourth-order valence-corrected chi connectivity index (χ4v) is 3.60. The highest BCUT2D eigenvalue weighted by Crippen LogP contribution is 2.20. The minimum atomic E-state index is 0. The van der Waals surface area contributed by atoms with Crippen LogP contribution in [0.3, 0.4) is 0 Å². The first-order valence-corrected chi connectivity index (χ1v) is 10.5. The van der Waals surface area contributed by atoms with Gasteiger partial charge in [-0.3, -0.25) is 4.79 Å². The molecule has 29 heavy (non-hydrogen) atoms. The average Bonchev–Trinajstić information content (AvgIpc) is 3.21. The summed E-state index contributed by atoms with van der Waals surface area (Å²) in [6, 6.07) is 19.8. The first-order valence-electron chi connectivity index (χ1n) is 9.35. The highest BCUT2D eigenvalue weighted by atomic mass is 35.5. The van der Waals surface area contributed by atoms with Gasteiger partial charge in [0, 0.05) is 24.4 Å². The zero-order valence-electron chi connectivity index (χ0n) is 16.2. The molecule has 2 N–H and O–H groups in total. The maximum absolute atomic E-state index is 12.7. The molecule has 154 valence electrons. The number of oxazole rings is 1. The summed E-state index contributed by atoms with van der Waals surface area (Å²) in [5.41, 5.74) is 8.55. The van der Waals surface area contributed by atoms with Gasteiger partial charge in [0.25, 0.3) is 0 Å². The van der Waals surface area contributed by atoms with E-state index in [0.717, 1.165) is 23.2 Å². The van der Waals surface area contributed by atoms with E-state index in [4.69, 9.17) is 10.2 Å². The SMILES string of the molecule is Cl.NCCCN(Cc1ccccc1)C(=O)CSCc1coc(-c2ccccc2)n1. The number of amides is 1. The average molecular weight is 432 g/mol. The minimum absolute atomic E-state index is 0. The monoisotopic (exact) mass is 431 g/mol. The number of hydrogen-bond acceptors (Lipinski definition) is 5. The molecule has 1 heterocycles. The maximum atomic E-state index is 12.7. The highest BCUT2D eigenvalue weighted by Gasteiger charge is 2.14. The third-order valence-corrected chi connectivity index (χ3v) is 5.20. The van der Waals surface area contributed by atoms with Gasteiger partial charge in [-0.15, -0.1) is 24.2 Å². The van der Waals surface area contributed by atoms with Crippen molar-refractivity contribution in [2.75, 3.05) is 18.8 Å². The predicted octanol–water partition coefficient (Wildman–Crippen LogP) is 4.37. The van der Waals surface area contributed by atoms with Gasteiger partial charge in [-0.1, -0.05) is 48.5 Å². The molecular weight excluding hydrogens is 406 g/mol. The zero-order valence-corrected chi connectivity index (χ0v) is 17.8. The van der Waals surface area contributed by atoms with Gasteiger partial charge < -0.3 is 15.1 Å². The predicted molar refractivity (Wildman–Crippen MR) is 121 cm³/mol. The van der Waals surface area contributed by atoms with Crippen LogP contribution >= 0.6 is 24.2 Å². The quantitative estimate of drug-likeness (QED) is 0.515. The number of carbonyl (C=O) groups excluding carboxylic acids is 1. The van der Waals surface area contributed by atoms with Gasteiger partial charge in [-0.25, -0.2) is 4.98 Å². The summed E-state index contributed by atoms with van der Waals surface area (Å²) < 4.78 is 5.55. The third-order valence-electron chi connectivity index (χ3n) is 4.25. The van der Waals surface area contributed by atoms with Crippen molar-refractivity contribution in [3.05, 3.63) is 78.2 Å². The van der Waals surface area contributed by atoms with Crippen LogP contribution in [-0.2, 0) is 17.1 Å². The number of halogens is 1. The summed E-state index contributed by atoms with van der Waals surface area (Å²) in [6.07, 6.45) is 2.46. The van der Waals surface area contributed by atoms with Crippen LogP contribution < -0.4 is 5.73 Å². The molecule has 3 rings (SSSR count). The van der Waals surface area contributed by atoms with E-state index in [1.165, 1.54) is 0 Å². The van der Waals surface area contributed by atoms with E-state index < -0.39 is 0 Å². The zero-order chi connectivity index (χ0) is 19.6. The Hall–Kier alpha value is -2.28. The number of nitrogens with two attached hydrogens (primary N) is 1. The molecule has 0 saturated heterocycles. The Morgan fingerprint density at radius 3 is 2.45 bits per heavy atom. The lowest BCUT2D eigenvalue weighted by molar-refractivity contribution is -0.129. The van der Waals surface area contributed by atoms with Crippen LogP contribution in [0.25, 0.3) is 11.5 Å². The van der Waals surface area contributed by atoms with Crippen LogP contribution in [0.4, 0.5) is 0 Å². The van der Waals surface area contributed by atoms with Crippen LogP contribution in [0.15, 0.2) is 71.3 Å². The second-order valence-electron chi connectivity index (χ2n) is 6.45. The van der Waals surface area contributed by atoms with Crippen molar-refractivity contribution in [1.29, 1.82) is 0 Å². The molecule has 0 unspecified atom stereocenters. The minimum Gasteiger partial charge on any atom is -0.444 e. The van der Waals surface area contributed by atoms with Crippen molar-refractivity contribution >= 4 is 30.1 Å². The molecule has 0 saturated carbocycles. The number of hydrogen-bond donors (Lipinski definition) is 1. The van der Waals surface area contributed by atoms with E-state index in [0.29, 0.717) is 37.0 Å². The number of nitrogens with zero attached hydrogens (tertiary/aromatic N) is 2. The van der Waals surface area contributed by atoms with Crippen LogP contribution in [-0.4, -0.2) is 34.6 Å². The topological polar surface area (TPSA) is 72.4 Å². The molecule has 0 aliphatic rings. The Labute approximate surface area is 182 Å². The van der Waals surface area contributed by atoms with Crippen molar-refractivity contribution in [3.8, 4) is 11.5 Å². The number of carbonyl (C=O) groups is 1. The van der Waals surface area contributed by atoms with Gasteiger partial charge in [-0.05, 0) is 30.7 Å². The number of thioether (sulfide) groups is 1. The lowest BCUT2D eigenvalue weighted by Gasteiger charge is -2.22. The molecule has 3 aromatic rings. The van der Waals surface area contributed by atoms with Crippen molar-refractivity contribution in [2.24, 2.45) is 5.73 Å². The standard InChI is InChI=1S/C22H25N3O2S.ClH/c23-12-7-13-25(14-18-8-3-1-4-9-18)21(26)17-28-16-20-15-27-22(24-20)19-10-5-2-6-11-19;/h1-6,8-11,15H,7,12-14,16-17,23H2;1H. The van der Waals surface area contributed by atoms with E-state index in [1.54, 1.807) is 18.0 Å². The summed E-state index contributed by atoms with van der Waals surface area (Å²) in [5.74, 6) is 1.77. The van der Waals surface area contributed by atoms with Gasteiger partial charge in [0.1, 0.15) is 6.26 Å². The van der Waals surface area contributed by atoms with Crippen LogP contribution in [0, 0.1) is 0 Å². The molecule has 0 aliphatic heterocycles. The molecular formula is C22H26ClN3O2S. The summed E-state index contributed by atoms with van der Waals surface area (Å²) in [5, 5.41) is 0. The summed E-state index contributed by atoms with van der Waals surface area (Å²) in [7, 11) is 0. The number of rotatable bonds is 10. The molecule has 0 atom stereocenters. The highest BCUT2D eigenvalue weighted by molar-refractivity contribution is 7.99. The second-order valence-corrected chi connectivity index (χ2v) is 7.43. The smallest absolute Gasteiger partial charge is 0.232 e. The Balaban J connectivity index is 0.00000300. The first-order chi connectivity index (χ1) is 13.8. The number of benzene rings is 2. The third kappa shape index (κ3) is 7.24. The molecule has 0 aliphatic carbocycles. The molecule has 2 aromatic carbocycles. The van der Waals surface area contributed by atoms with Gasteiger partial charge in [-0.2, -0.15) is 0 Å². The van der Waals surface area contributed by atoms with Gasteiger partial charge >= 0.3 is 0 Å². The molecule has 0 radical (unpaired) electrons. The fourth-order valence-electron chi connectivity index (χ4n) is 2.80. The van der Waals surface area contributed by atoms with Crippen molar-refractivity contribution < 1.29 is 9.21 Å². The fraction of sp³-hybridized carbons (Fsp3) is 0.273. The van der Waals surface area contributed by atoms with Crippen molar-refractivity contribution in [2.45, 2.75) is 18.7 Å². The van der Waals surface area contributed by atoms with Gasteiger partial charge in [0.15, 0.2) is 0 Å².